The van der Waals surface area contributed by atoms with E-state index in [4.69, 9.17) is 0 Å². The summed E-state index contributed by atoms with van der Waals surface area (Å²) in [6, 6.07) is 0.430. The fraction of sp³-hybridized carbons (Fsp3) is 0.647. The maximum Gasteiger partial charge on any atom is 0.138 e. The van der Waals surface area contributed by atoms with Gasteiger partial charge in [0.2, 0.25) is 0 Å². The average Bonchev–Trinajstić information content (AvgIpc) is 2.88. The number of aryl methyl sites for hydroxylation is 1. The Morgan fingerprint density at radius 2 is 2.00 bits per heavy atom. The summed E-state index contributed by atoms with van der Waals surface area (Å²) >= 11 is 1.85. The second kappa shape index (κ2) is 5.78. The summed E-state index contributed by atoms with van der Waals surface area (Å²) in [5.41, 5.74) is 1.48. The first-order chi connectivity index (χ1) is 10.7. The zero-order valence-electron chi connectivity index (χ0n) is 13.0. The topological polar surface area (TPSA) is 58.0 Å². The molecule has 1 atom stereocenters. The molecule has 0 aromatic carbocycles. The lowest BCUT2D eigenvalue weighted by Crippen LogP contribution is -2.28. The molecule has 118 valence electrons. The molecule has 0 aliphatic heterocycles. The van der Waals surface area contributed by atoms with Crippen LogP contribution in [0.2, 0.25) is 0 Å². The molecule has 4 rings (SSSR count). The van der Waals surface area contributed by atoms with E-state index in [-0.39, 0.29) is 6.10 Å². The van der Waals surface area contributed by atoms with Crippen LogP contribution in [-0.2, 0) is 12.8 Å². The molecular formula is C17H23N3OS. The molecule has 0 unspecified atom stereocenters. The van der Waals surface area contributed by atoms with Gasteiger partial charge in [0.1, 0.15) is 17.0 Å². The summed E-state index contributed by atoms with van der Waals surface area (Å²) in [6.07, 6.45) is 9.02. The van der Waals surface area contributed by atoms with Crippen LogP contribution in [0.1, 0.15) is 49.5 Å². The van der Waals surface area contributed by atoms with E-state index in [2.05, 4.69) is 22.2 Å². The first-order valence-corrected chi connectivity index (χ1v) is 9.22. The van der Waals surface area contributed by atoms with Gasteiger partial charge in [-0.2, -0.15) is 0 Å². The summed E-state index contributed by atoms with van der Waals surface area (Å²) in [4.78, 5) is 11.7. The Hall–Kier alpha value is -1.20. The number of nitrogens with zero attached hydrogens (tertiary/aromatic N) is 2. The molecule has 4 nitrogen and oxygen atoms in total. The van der Waals surface area contributed by atoms with Gasteiger partial charge in [-0.25, -0.2) is 9.97 Å². The van der Waals surface area contributed by atoms with Crippen molar-refractivity contribution < 1.29 is 5.11 Å². The lowest BCUT2D eigenvalue weighted by molar-refractivity contribution is 0.126. The second-order valence-electron chi connectivity index (χ2n) is 6.90. The van der Waals surface area contributed by atoms with Crippen molar-refractivity contribution in [1.82, 2.24) is 9.97 Å². The van der Waals surface area contributed by atoms with Gasteiger partial charge in [0.05, 0.1) is 11.5 Å². The van der Waals surface area contributed by atoms with Crippen molar-refractivity contribution in [2.24, 2.45) is 5.92 Å². The van der Waals surface area contributed by atoms with Gasteiger partial charge in [0.25, 0.3) is 0 Å². The molecule has 2 heterocycles. The average molecular weight is 317 g/mol. The van der Waals surface area contributed by atoms with Gasteiger partial charge in [-0.15, -0.1) is 11.3 Å². The van der Waals surface area contributed by atoms with E-state index in [1.165, 1.54) is 28.7 Å². The maximum absolute atomic E-state index is 9.66. The largest absolute Gasteiger partial charge is 0.393 e. The van der Waals surface area contributed by atoms with Crippen LogP contribution in [0.3, 0.4) is 0 Å². The van der Waals surface area contributed by atoms with E-state index in [1.807, 2.05) is 11.3 Å². The third kappa shape index (κ3) is 2.61. The van der Waals surface area contributed by atoms with Crippen LogP contribution in [0.5, 0.6) is 0 Å². The highest BCUT2D eigenvalue weighted by atomic mass is 32.1. The van der Waals surface area contributed by atoms with Crippen LogP contribution >= 0.6 is 11.3 Å². The summed E-state index contributed by atoms with van der Waals surface area (Å²) in [5.74, 6) is 1.79. The highest BCUT2D eigenvalue weighted by Crippen LogP contribution is 2.40. The van der Waals surface area contributed by atoms with Crippen molar-refractivity contribution in [1.29, 1.82) is 0 Å². The molecule has 1 saturated carbocycles. The SMILES string of the molecule is C[C@H]1CCc2c(sc3ncnc(NC4CCC(O)CC4)c23)C1. The van der Waals surface area contributed by atoms with Crippen LogP contribution in [0, 0.1) is 5.92 Å². The monoisotopic (exact) mass is 317 g/mol. The summed E-state index contributed by atoms with van der Waals surface area (Å²) in [5, 5.41) is 14.6. The minimum absolute atomic E-state index is 0.112. The third-order valence-corrected chi connectivity index (χ3v) is 6.29. The first kappa shape index (κ1) is 14.4. The lowest BCUT2D eigenvalue weighted by atomic mass is 9.89. The van der Waals surface area contributed by atoms with Crippen LogP contribution in [0.15, 0.2) is 6.33 Å². The van der Waals surface area contributed by atoms with E-state index >= 15 is 0 Å². The number of aromatic nitrogens is 2. The Morgan fingerprint density at radius 1 is 1.18 bits per heavy atom. The molecule has 2 aliphatic carbocycles. The van der Waals surface area contributed by atoms with Crippen molar-refractivity contribution >= 4 is 27.4 Å². The molecule has 0 saturated heterocycles. The standard InChI is InChI=1S/C17H23N3OS/c1-10-2-7-13-14(8-10)22-17-15(13)16(18-9-19-17)20-11-3-5-12(21)6-4-11/h9-12,21H,2-8H2,1H3,(H,18,19,20)/t10-,11?,12?/m0/s1. The van der Waals surface area contributed by atoms with Gasteiger partial charge < -0.3 is 10.4 Å². The molecule has 2 aliphatic rings. The van der Waals surface area contributed by atoms with Gasteiger partial charge in [0, 0.05) is 10.9 Å². The predicted octanol–water partition coefficient (Wildman–Crippen LogP) is 3.53. The van der Waals surface area contributed by atoms with Crippen molar-refractivity contribution in [3.63, 3.8) is 0 Å². The van der Waals surface area contributed by atoms with Gasteiger partial charge in [-0.1, -0.05) is 6.92 Å². The van der Waals surface area contributed by atoms with Crippen molar-refractivity contribution in [3.05, 3.63) is 16.8 Å². The molecule has 0 spiro atoms. The van der Waals surface area contributed by atoms with Gasteiger partial charge in [-0.3, -0.25) is 0 Å². The summed E-state index contributed by atoms with van der Waals surface area (Å²) in [6.45, 7) is 2.34. The summed E-state index contributed by atoms with van der Waals surface area (Å²) in [7, 11) is 0. The number of nitrogens with one attached hydrogen (secondary N) is 1. The van der Waals surface area contributed by atoms with Crippen LogP contribution < -0.4 is 5.32 Å². The number of fused-ring (bicyclic) bond motifs is 3. The molecule has 2 aromatic heterocycles. The molecule has 0 bridgehead atoms. The van der Waals surface area contributed by atoms with Gasteiger partial charge in [0.15, 0.2) is 0 Å². The van der Waals surface area contributed by atoms with Crippen molar-refractivity contribution in [3.8, 4) is 0 Å². The number of rotatable bonds is 2. The fourth-order valence-electron chi connectivity index (χ4n) is 3.80. The zero-order valence-corrected chi connectivity index (χ0v) is 13.8. The molecule has 2 N–H and O–H groups in total. The van der Waals surface area contributed by atoms with E-state index in [1.54, 1.807) is 6.33 Å². The molecule has 22 heavy (non-hydrogen) atoms. The third-order valence-electron chi connectivity index (χ3n) is 5.13. The Bertz CT molecular complexity index is 676. The highest BCUT2D eigenvalue weighted by Gasteiger charge is 2.25. The molecule has 0 amide bonds. The number of hydrogen-bond donors (Lipinski definition) is 2. The Morgan fingerprint density at radius 3 is 2.82 bits per heavy atom. The Balaban J connectivity index is 1.66. The molecule has 1 fully saturated rings. The van der Waals surface area contributed by atoms with Crippen LogP contribution in [-0.4, -0.2) is 27.2 Å². The first-order valence-electron chi connectivity index (χ1n) is 8.40. The Kier molecular flexibility index (Phi) is 3.78. The van der Waals surface area contributed by atoms with Crippen LogP contribution in [0.4, 0.5) is 5.82 Å². The number of anilines is 1. The number of thiophene rings is 1. The van der Waals surface area contributed by atoms with Gasteiger partial charge >= 0.3 is 0 Å². The number of hydrogen-bond acceptors (Lipinski definition) is 5. The van der Waals surface area contributed by atoms with Crippen molar-refractivity contribution in [2.45, 2.75) is 64.0 Å². The van der Waals surface area contributed by atoms with E-state index in [9.17, 15) is 5.11 Å². The van der Waals surface area contributed by atoms with E-state index in [0.717, 1.165) is 48.7 Å². The Labute approximate surface area is 135 Å². The maximum atomic E-state index is 9.66. The number of aliphatic hydroxyl groups excluding tert-OH is 1. The molecule has 0 radical (unpaired) electrons. The zero-order chi connectivity index (χ0) is 15.1. The fourth-order valence-corrected chi connectivity index (χ4v) is 5.15. The van der Waals surface area contributed by atoms with E-state index < -0.39 is 0 Å². The minimum Gasteiger partial charge on any atom is -0.393 e. The molecular weight excluding hydrogens is 294 g/mol. The van der Waals surface area contributed by atoms with E-state index in [0.29, 0.717) is 6.04 Å². The predicted molar refractivity (Wildman–Crippen MR) is 90.5 cm³/mol. The summed E-state index contributed by atoms with van der Waals surface area (Å²) < 4.78 is 0. The highest BCUT2D eigenvalue weighted by molar-refractivity contribution is 7.19. The quantitative estimate of drug-likeness (QED) is 0.889. The normalized spacial score (nSPS) is 28.5. The molecule has 5 heteroatoms. The second-order valence-corrected chi connectivity index (χ2v) is 7.99. The van der Waals surface area contributed by atoms with Crippen LogP contribution in [0.25, 0.3) is 10.2 Å². The minimum atomic E-state index is -0.112. The lowest BCUT2D eigenvalue weighted by Gasteiger charge is -2.27. The van der Waals surface area contributed by atoms with Gasteiger partial charge in [-0.05, 0) is 56.4 Å². The molecule has 2 aromatic rings. The van der Waals surface area contributed by atoms with Crippen molar-refractivity contribution in [2.75, 3.05) is 5.32 Å². The number of aliphatic hydroxyl groups is 1. The smallest absolute Gasteiger partial charge is 0.138 e.